The molecule has 0 saturated heterocycles. The summed E-state index contributed by atoms with van der Waals surface area (Å²) < 4.78 is 0.939. The molecule has 1 aliphatic carbocycles. The minimum atomic E-state index is 0. The third-order valence-corrected chi connectivity index (χ3v) is 2.89. The highest BCUT2D eigenvalue weighted by molar-refractivity contribution is 9.10. The quantitative estimate of drug-likeness (QED) is 0.792. The second-order valence-electron chi connectivity index (χ2n) is 3.30. The second-order valence-corrected chi connectivity index (χ2v) is 4.22. The van der Waals surface area contributed by atoms with Crippen LogP contribution in [0.4, 0.5) is 0 Å². The zero-order valence-electron chi connectivity index (χ0n) is 7.50. The number of fused-ring (bicyclic) bond motifs is 1. The molecule has 0 heterocycles. The van der Waals surface area contributed by atoms with Crippen LogP contribution >= 0.6 is 28.3 Å². The lowest BCUT2D eigenvalue weighted by molar-refractivity contribution is 0.0967. The van der Waals surface area contributed by atoms with Crippen LogP contribution in [0.15, 0.2) is 22.7 Å². The summed E-state index contributed by atoms with van der Waals surface area (Å²) in [5.41, 5.74) is 7.66. The van der Waals surface area contributed by atoms with Crippen molar-refractivity contribution < 1.29 is 4.79 Å². The van der Waals surface area contributed by atoms with Crippen molar-refractivity contribution >= 4 is 34.1 Å². The number of nitrogens with two attached hydrogens (primary N) is 1. The van der Waals surface area contributed by atoms with Crippen LogP contribution in [0.1, 0.15) is 34.8 Å². The molecule has 1 atom stereocenters. The Morgan fingerprint density at radius 2 is 2.14 bits per heavy atom. The van der Waals surface area contributed by atoms with E-state index in [1.54, 1.807) is 0 Å². The van der Waals surface area contributed by atoms with E-state index in [0.717, 1.165) is 22.0 Å². The molecule has 0 radical (unpaired) electrons. The molecule has 2 nitrogen and oxygen atoms in total. The summed E-state index contributed by atoms with van der Waals surface area (Å²) in [4.78, 5) is 11.5. The number of hydrogen-bond acceptors (Lipinski definition) is 2. The van der Waals surface area contributed by atoms with E-state index in [4.69, 9.17) is 5.73 Å². The highest BCUT2D eigenvalue weighted by Gasteiger charge is 2.22. The Balaban J connectivity index is 0.000000980. The Labute approximate surface area is 97.4 Å². The molecule has 0 bridgehead atoms. The van der Waals surface area contributed by atoms with Crippen molar-refractivity contribution in [3.05, 3.63) is 33.8 Å². The number of carbonyl (C=O) groups is 1. The standard InChI is InChI=1S/C10H10BrNO.ClH/c11-6-1-2-7-8(5-6)10(13)4-3-9(7)12;/h1-2,5,9H,3-4,12H2;1H. The molecule has 0 amide bonds. The normalized spacial score (nSPS) is 19.9. The predicted molar refractivity (Wildman–Crippen MR) is 61.9 cm³/mol. The Morgan fingerprint density at radius 3 is 2.86 bits per heavy atom. The van der Waals surface area contributed by atoms with Crippen molar-refractivity contribution in [1.82, 2.24) is 0 Å². The molecule has 0 aliphatic heterocycles. The van der Waals surface area contributed by atoms with Crippen LogP contribution in [-0.2, 0) is 0 Å². The third-order valence-electron chi connectivity index (χ3n) is 2.40. The third kappa shape index (κ3) is 2.00. The molecule has 14 heavy (non-hydrogen) atoms. The van der Waals surface area contributed by atoms with Gasteiger partial charge in [-0.3, -0.25) is 4.79 Å². The van der Waals surface area contributed by atoms with E-state index in [-0.39, 0.29) is 24.2 Å². The summed E-state index contributed by atoms with van der Waals surface area (Å²) >= 11 is 3.34. The molecule has 1 aliphatic rings. The van der Waals surface area contributed by atoms with E-state index in [0.29, 0.717) is 6.42 Å². The minimum Gasteiger partial charge on any atom is -0.324 e. The minimum absolute atomic E-state index is 0. The number of benzene rings is 1. The van der Waals surface area contributed by atoms with Gasteiger partial charge in [0, 0.05) is 22.5 Å². The van der Waals surface area contributed by atoms with Crippen molar-refractivity contribution in [2.45, 2.75) is 18.9 Å². The molecule has 2 N–H and O–H groups in total. The van der Waals surface area contributed by atoms with Crippen LogP contribution in [0.5, 0.6) is 0 Å². The summed E-state index contributed by atoms with van der Waals surface area (Å²) in [6, 6.07) is 5.75. The maximum Gasteiger partial charge on any atom is 0.163 e. The SMILES string of the molecule is Cl.NC1CCC(=O)c2cc(Br)ccc21. The zero-order valence-corrected chi connectivity index (χ0v) is 9.90. The van der Waals surface area contributed by atoms with Gasteiger partial charge in [0.05, 0.1) is 0 Å². The van der Waals surface area contributed by atoms with Gasteiger partial charge in [-0.25, -0.2) is 0 Å². The maximum atomic E-state index is 11.5. The smallest absolute Gasteiger partial charge is 0.163 e. The average molecular weight is 277 g/mol. The number of rotatable bonds is 0. The molecule has 1 aromatic rings. The summed E-state index contributed by atoms with van der Waals surface area (Å²) in [5.74, 6) is 0.206. The largest absolute Gasteiger partial charge is 0.324 e. The van der Waals surface area contributed by atoms with E-state index in [9.17, 15) is 4.79 Å². The molecule has 0 fully saturated rings. The van der Waals surface area contributed by atoms with Gasteiger partial charge in [-0.15, -0.1) is 12.4 Å². The molecule has 0 spiro atoms. The zero-order chi connectivity index (χ0) is 9.42. The van der Waals surface area contributed by atoms with Crippen LogP contribution in [0.25, 0.3) is 0 Å². The molecule has 0 saturated carbocycles. The van der Waals surface area contributed by atoms with Gasteiger partial charge in [0.25, 0.3) is 0 Å². The van der Waals surface area contributed by atoms with Crippen LogP contribution in [0, 0.1) is 0 Å². The summed E-state index contributed by atoms with van der Waals surface area (Å²) in [6.07, 6.45) is 1.35. The van der Waals surface area contributed by atoms with Gasteiger partial charge in [-0.1, -0.05) is 22.0 Å². The fourth-order valence-corrected chi connectivity index (χ4v) is 2.03. The van der Waals surface area contributed by atoms with E-state index < -0.39 is 0 Å². The van der Waals surface area contributed by atoms with Gasteiger partial charge in [0.1, 0.15) is 0 Å². The topological polar surface area (TPSA) is 43.1 Å². The number of ketones is 1. The average Bonchev–Trinajstić information content (AvgIpc) is 2.12. The molecule has 1 aromatic carbocycles. The monoisotopic (exact) mass is 275 g/mol. The van der Waals surface area contributed by atoms with Gasteiger partial charge >= 0.3 is 0 Å². The van der Waals surface area contributed by atoms with Gasteiger partial charge in [-0.2, -0.15) is 0 Å². The number of halogens is 2. The van der Waals surface area contributed by atoms with Crippen molar-refractivity contribution in [2.24, 2.45) is 5.73 Å². The van der Waals surface area contributed by atoms with Gasteiger partial charge in [0.15, 0.2) is 5.78 Å². The van der Waals surface area contributed by atoms with Gasteiger partial charge in [0.2, 0.25) is 0 Å². The fourth-order valence-electron chi connectivity index (χ4n) is 1.67. The van der Waals surface area contributed by atoms with E-state index in [1.807, 2.05) is 18.2 Å². The summed E-state index contributed by atoms with van der Waals surface area (Å²) in [7, 11) is 0. The Morgan fingerprint density at radius 1 is 1.43 bits per heavy atom. The lowest BCUT2D eigenvalue weighted by Gasteiger charge is -2.20. The number of hydrogen-bond donors (Lipinski definition) is 1. The molecule has 1 unspecified atom stereocenters. The highest BCUT2D eigenvalue weighted by atomic mass is 79.9. The number of Topliss-reactive ketones (excluding diaryl/α,β-unsaturated/α-hetero) is 1. The molecular weight excluding hydrogens is 265 g/mol. The van der Waals surface area contributed by atoms with Crippen molar-refractivity contribution in [3.8, 4) is 0 Å². The lowest BCUT2D eigenvalue weighted by atomic mass is 9.87. The molecule has 76 valence electrons. The van der Waals surface area contributed by atoms with Gasteiger partial charge in [-0.05, 0) is 24.1 Å². The lowest BCUT2D eigenvalue weighted by Crippen LogP contribution is -2.21. The Bertz CT molecular complexity index is 367. The van der Waals surface area contributed by atoms with E-state index in [2.05, 4.69) is 15.9 Å². The van der Waals surface area contributed by atoms with Crippen molar-refractivity contribution in [2.75, 3.05) is 0 Å². The second kappa shape index (κ2) is 4.43. The molecular formula is C10H11BrClNO. The molecule has 4 heteroatoms. The fraction of sp³-hybridized carbons (Fsp3) is 0.300. The first kappa shape index (κ1) is 11.7. The maximum absolute atomic E-state index is 11.5. The van der Waals surface area contributed by atoms with Crippen LogP contribution in [0.3, 0.4) is 0 Å². The summed E-state index contributed by atoms with van der Waals surface area (Å²) in [6.45, 7) is 0. The van der Waals surface area contributed by atoms with Crippen molar-refractivity contribution in [1.29, 1.82) is 0 Å². The predicted octanol–water partition coefficient (Wildman–Crippen LogP) is 2.85. The van der Waals surface area contributed by atoms with E-state index >= 15 is 0 Å². The van der Waals surface area contributed by atoms with Crippen LogP contribution in [0.2, 0.25) is 0 Å². The first-order valence-electron chi connectivity index (χ1n) is 4.26. The van der Waals surface area contributed by atoms with Crippen LogP contribution < -0.4 is 5.73 Å². The van der Waals surface area contributed by atoms with Gasteiger partial charge < -0.3 is 5.73 Å². The first-order valence-corrected chi connectivity index (χ1v) is 5.06. The summed E-state index contributed by atoms with van der Waals surface area (Å²) in [5, 5.41) is 0. The van der Waals surface area contributed by atoms with E-state index in [1.165, 1.54) is 0 Å². The van der Waals surface area contributed by atoms with Crippen molar-refractivity contribution in [3.63, 3.8) is 0 Å². The Kier molecular flexibility index (Phi) is 3.70. The highest BCUT2D eigenvalue weighted by Crippen LogP contribution is 2.29. The van der Waals surface area contributed by atoms with Crippen LogP contribution in [-0.4, -0.2) is 5.78 Å². The number of carbonyl (C=O) groups excluding carboxylic acids is 1. The first-order chi connectivity index (χ1) is 6.18. The molecule has 2 rings (SSSR count). The molecule has 0 aromatic heterocycles. The Hall–Kier alpha value is -0.380.